The number of nitrogens with zero attached hydrogens (tertiary/aromatic N) is 1. The number of ether oxygens (including phenoxy) is 1. The van der Waals surface area contributed by atoms with Gasteiger partial charge < -0.3 is 10.1 Å². The van der Waals surface area contributed by atoms with E-state index in [-0.39, 0.29) is 35.9 Å². The molecule has 10 heteroatoms. The van der Waals surface area contributed by atoms with Crippen LogP contribution in [0.3, 0.4) is 0 Å². The van der Waals surface area contributed by atoms with Crippen molar-refractivity contribution in [3.8, 4) is 5.88 Å². The summed E-state index contributed by atoms with van der Waals surface area (Å²) >= 11 is 0. The fourth-order valence-corrected chi connectivity index (χ4v) is 3.19. The summed E-state index contributed by atoms with van der Waals surface area (Å²) in [6.07, 6.45) is 1.10. The van der Waals surface area contributed by atoms with Crippen molar-refractivity contribution in [3.63, 3.8) is 0 Å². The van der Waals surface area contributed by atoms with Gasteiger partial charge in [0.1, 0.15) is 10.7 Å². The smallest absolute Gasteiger partial charge is 0.269 e. The lowest BCUT2D eigenvalue weighted by atomic mass is 10.2. The maximum atomic E-state index is 12.8. The van der Waals surface area contributed by atoms with Gasteiger partial charge in [0.15, 0.2) is 0 Å². The molecule has 0 fully saturated rings. The first-order valence-corrected chi connectivity index (χ1v) is 9.49. The summed E-state index contributed by atoms with van der Waals surface area (Å²) in [5.74, 6) is -1.89. The normalized spacial score (nSPS) is 10.9. The Kier molecular flexibility index (Phi) is 6.83. The molecular formula is C17H18FN3O5S. The first-order chi connectivity index (χ1) is 12.8. The van der Waals surface area contributed by atoms with Gasteiger partial charge in [0.05, 0.1) is 6.61 Å². The molecule has 0 aliphatic rings. The lowest BCUT2D eigenvalue weighted by molar-refractivity contribution is -0.119. The Balaban J connectivity index is 1.91. The largest absolute Gasteiger partial charge is 0.477 e. The highest BCUT2D eigenvalue weighted by molar-refractivity contribution is 7.90. The molecule has 0 unspecified atom stereocenters. The second kappa shape index (κ2) is 9.08. The molecule has 1 aromatic carbocycles. The molecule has 0 aliphatic heterocycles. The van der Waals surface area contributed by atoms with Crippen LogP contribution in [0.4, 0.5) is 4.39 Å². The fourth-order valence-electron chi connectivity index (χ4n) is 2.07. The van der Waals surface area contributed by atoms with Gasteiger partial charge in [-0.1, -0.05) is 0 Å². The average molecular weight is 395 g/mol. The highest BCUT2D eigenvalue weighted by Crippen LogP contribution is 2.20. The summed E-state index contributed by atoms with van der Waals surface area (Å²) in [6.45, 7) is 1.79. The Bertz CT molecular complexity index is 916. The van der Waals surface area contributed by atoms with E-state index < -0.39 is 27.7 Å². The molecule has 2 aromatic rings. The van der Waals surface area contributed by atoms with Crippen LogP contribution in [-0.2, 0) is 14.8 Å². The van der Waals surface area contributed by atoms with Gasteiger partial charge in [-0.15, -0.1) is 0 Å². The van der Waals surface area contributed by atoms with E-state index in [1.807, 2.05) is 4.72 Å². The first-order valence-electron chi connectivity index (χ1n) is 8.00. The number of benzene rings is 1. The van der Waals surface area contributed by atoms with Crippen LogP contribution in [0, 0.1) is 5.82 Å². The molecule has 1 aromatic heterocycles. The topological polar surface area (TPSA) is 114 Å². The molecule has 0 spiro atoms. The average Bonchev–Trinajstić information content (AvgIpc) is 2.62. The summed E-state index contributed by atoms with van der Waals surface area (Å²) in [5.41, 5.74) is 0.223. The van der Waals surface area contributed by atoms with Gasteiger partial charge in [-0.05, 0) is 43.3 Å². The third kappa shape index (κ3) is 5.74. The Morgan fingerprint density at radius 2 is 1.89 bits per heavy atom. The van der Waals surface area contributed by atoms with Crippen molar-refractivity contribution in [2.24, 2.45) is 0 Å². The number of hydrogen-bond acceptors (Lipinski definition) is 6. The first kappa shape index (κ1) is 20.3. The summed E-state index contributed by atoms with van der Waals surface area (Å²) in [7, 11) is -4.16. The van der Waals surface area contributed by atoms with Crippen LogP contribution in [-0.4, -0.2) is 38.4 Å². The van der Waals surface area contributed by atoms with Crippen molar-refractivity contribution in [2.45, 2.75) is 18.2 Å². The van der Waals surface area contributed by atoms with Crippen molar-refractivity contribution < 1.29 is 27.1 Å². The number of pyridine rings is 1. The van der Waals surface area contributed by atoms with Gasteiger partial charge in [-0.2, -0.15) is 0 Å². The number of carbonyl (C=O) groups is 2. The molecular weight excluding hydrogens is 377 g/mol. The van der Waals surface area contributed by atoms with E-state index in [0.29, 0.717) is 0 Å². The number of aromatic nitrogens is 1. The number of carbonyl (C=O) groups excluding carboxylic acids is 2. The molecule has 0 radical (unpaired) electrons. The summed E-state index contributed by atoms with van der Waals surface area (Å²) in [5, 5.41) is 2.45. The molecule has 1 heterocycles. The maximum absolute atomic E-state index is 12.8. The molecule has 27 heavy (non-hydrogen) atoms. The zero-order valence-corrected chi connectivity index (χ0v) is 15.3. The van der Waals surface area contributed by atoms with E-state index in [4.69, 9.17) is 4.74 Å². The third-order valence-electron chi connectivity index (χ3n) is 3.30. The molecule has 0 saturated carbocycles. The van der Waals surface area contributed by atoms with Gasteiger partial charge in [0.2, 0.25) is 11.8 Å². The highest BCUT2D eigenvalue weighted by atomic mass is 32.2. The van der Waals surface area contributed by atoms with Crippen LogP contribution < -0.4 is 14.8 Å². The minimum absolute atomic E-state index is 0.0943. The van der Waals surface area contributed by atoms with Crippen molar-refractivity contribution >= 4 is 21.8 Å². The minimum Gasteiger partial charge on any atom is -0.477 e. The van der Waals surface area contributed by atoms with Crippen molar-refractivity contribution in [1.29, 1.82) is 0 Å². The second-order valence-electron chi connectivity index (χ2n) is 5.28. The Labute approximate surface area is 155 Å². The summed E-state index contributed by atoms with van der Waals surface area (Å²) in [4.78, 5) is 27.3. The Hall–Kier alpha value is -3.01. The molecule has 2 N–H and O–H groups in total. The minimum atomic E-state index is -4.16. The molecule has 8 nitrogen and oxygen atoms in total. The van der Waals surface area contributed by atoms with Crippen molar-refractivity contribution in [3.05, 3.63) is 54.0 Å². The van der Waals surface area contributed by atoms with Gasteiger partial charge in [-0.3, -0.25) is 9.59 Å². The number of halogens is 1. The number of amides is 2. The molecule has 144 valence electrons. The van der Waals surface area contributed by atoms with Crippen LogP contribution in [0.5, 0.6) is 5.88 Å². The Morgan fingerprint density at radius 1 is 1.19 bits per heavy atom. The van der Waals surface area contributed by atoms with Gasteiger partial charge in [-0.25, -0.2) is 22.5 Å². The molecule has 2 rings (SSSR count). The fraction of sp³-hybridized carbons (Fsp3) is 0.235. The number of nitrogens with one attached hydrogen (secondary N) is 2. The SMILES string of the molecule is CCOc1ncccc1S(=O)(=O)NC(=O)CCNC(=O)c1ccc(F)cc1. The zero-order chi connectivity index (χ0) is 19.9. The molecule has 0 aliphatic carbocycles. The lowest BCUT2D eigenvalue weighted by Crippen LogP contribution is -2.34. The van der Waals surface area contributed by atoms with Crippen molar-refractivity contribution in [2.75, 3.05) is 13.2 Å². The monoisotopic (exact) mass is 395 g/mol. The molecule has 2 amide bonds. The van der Waals surface area contributed by atoms with Crippen LogP contribution in [0.25, 0.3) is 0 Å². The zero-order valence-electron chi connectivity index (χ0n) is 14.4. The van der Waals surface area contributed by atoms with E-state index in [9.17, 15) is 22.4 Å². The highest BCUT2D eigenvalue weighted by Gasteiger charge is 2.22. The third-order valence-corrected chi connectivity index (χ3v) is 4.69. The van der Waals surface area contributed by atoms with Gasteiger partial charge in [0.25, 0.3) is 15.9 Å². The van der Waals surface area contributed by atoms with E-state index in [1.165, 1.54) is 30.5 Å². The number of rotatable bonds is 8. The van der Waals surface area contributed by atoms with Gasteiger partial charge in [0, 0.05) is 24.7 Å². The number of sulfonamides is 1. The Morgan fingerprint density at radius 3 is 2.56 bits per heavy atom. The van der Waals surface area contributed by atoms with Crippen LogP contribution in [0.15, 0.2) is 47.5 Å². The summed E-state index contributed by atoms with van der Waals surface area (Å²) < 4.78 is 44.5. The number of hydrogen-bond donors (Lipinski definition) is 2. The molecule has 0 atom stereocenters. The van der Waals surface area contributed by atoms with Crippen LogP contribution >= 0.6 is 0 Å². The van der Waals surface area contributed by atoms with Gasteiger partial charge >= 0.3 is 0 Å². The predicted octanol–water partition coefficient (Wildman–Crippen LogP) is 1.24. The van der Waals surface area contributed by atoms with E-state index in [1.54, 1.807) is 6.92 Å². The van der Waals surface area contributed by atoms with E-state index in [0.717, 1.165) is 12.1 Å². The quantitative estimate of drug-likeness (QED) is 0.695. The maximum Gasteiger partial charge on any atom is 0.269 e. The molecule has 0 bridgehead atoms. The summed E-state index contributed by atoms with van der Waals surface area (Å²) in [6, 6.07) is 7.55. The van der Waals surface area contributed by atoms with E-state index in [2.05, 4.69) is 10.3 Å². The lowest BCUT2D eigenvalue weighted by Gasteiger charge is -2.11. The van der Waals surface area contributed by atoms with Crippen molar-refractivity contribution in [1.82, 2.24) is 15.0 Å². The predicted molar refractivity (Wildman–Crippen MR) is 94.1 cm³/mol. The molecule has 0 saturated heterocycles. The standard InChI is InChI=1S/C17H18FN3O5S/c1-2-26-17-14(4-3-10-20-17)27(24,25)21-15(22)9-11-19-16(23)12-5-7-13(18)8-6-12/h3-8,10H,2,9,11H2,1H3,(H,19,23)(H,21,22). The van der Waals surface area contributed by atoms with E-state index >= 15 is 0 Å². The van der Waals surface area contributed by atoms with Crippen LogP contribution in [0.1, 0.15) is 23.7 Å². The van der Waals surface area contributed by atoms with Crippen LogP contribution in [0.2, 0.25) is 0 Å². The second-order valence-corrected chi connectivity index (χ2v) is 6.93.